The normalized spacial score (nSPS) is 15.4. The van der Waals surface area contributed by atoms with Crippen molar-refractivity contribution in [3.05, 3.63) is 37.1 Å². The minimum absolute atomic E-state index is 0.106. The summed E-state index contributed by atoms with van der Waals surface area (Å²) in [5, 5.41) is 14.2. The van der Waals surface area contributed by atoms with E-state index in [1.165, 1.54) is 11.2 Å². The Hall–Kier alpha value is -3.23. The third-order valence-corrected chi connectivity index (χ3v) is 4.28. The second-order valence-electron chi connectivity index (χ2n) is 5.80. The standard InChI is InChI=1S/C16H16N6O3/c23-16(24)21-6-3-11(4-7-21)22-14-13(9-20-22)15(19-10-18-14)25-12-2-1-5-17-8-12/h1-2,5,8-11H,3-4,6-7H2,(H,23,24). The van der Waals surface area contributed by atoms with Crippen LogP contribution in [-0.4, -0.2) is 53.9 Å². The molecule has 0 bridgehead atoms. The number of carboxylic acid groups (broad SMARTS) is 1. The van der Waals surface area contributed by atoms with Crippen LogP contribution in [0.1, 0.15) is 18.9 Å². The summed E-state index contributed by atoms with van der Waals surface area (Å²) in [5.41, 5.74) is 0.683. The van der Waals surface area contributed by atoms with E-state index in [4.69, 9.17) is 9.84 Å². The molecular formula is C16H16N6O3. The highest BCUT2D eigenvalue weighted by atomic mass is 16.5. The van der Waals surface area contributed by atoms with Crippen molar-refractivity contribution in [2.24, 2.45) is 0 Å². The fraction of sp³-hybridized carbons (Fsp3) is 0.312. The lowest BCUT2D eigenvalue weighted by molar-refractivity contribution is 0.124. The fourth-order valence-electron chi connectivity index (χ4n) is 3.01. The van der Waals surface area contributed by atoms with E-state index < -0.39 is 6.09 Å². The molecule has 0 atom stereocenters. The number of rotatable bonds is 3. The molecule has 0 saturated carbocycles. The maximum atomic E-state index is 11.0. The van der Waals surface area contributed by atoms with E-state index in [0.29, 0.717) is 48.6 Å². The third kappa shape index (κ3) is 2.95. The number of carbonyl (C=O) groups is 1. The van der Waals surface area contributed by atoms with Gasteiger partial charge < -0.3 is 14.7 Å². The molecule has 9 heteroatoms. The molecule has 1 fully saturated rings. The van der Waals surface area contributed by atoms with E-state index >= 15 is 0 Å². The first-order valence-electron chi connectivity index (χ1n) is 7.96. The van der Waals surface area contributed by atoms with Crippen molar-refractivity contribution >= 4 is 17.1 Å². The zero-order chi connectivity index (χ0) is 17.2. The first-order chi connectivity index (χ1) is 12.2. The van der Waals surface area contributed by atoms with Crippen LogP contribution in [0, 0.1) is 0 Å². The Bertz CT molecular complexity index is 889. The van der Waals surface area contributed by atoms with Gasteiger partial charge in [-0.3, -0.25) is 4.98 Å². The van der Waals surface area contributed by atoms with Gasteiger partial charge in [0.1, 0.15) is 17.5 Å². The summed E-state index contributed by atoms with van der Waals surface area (Å²) in [4.78, 5) is 25.0. The van der Waals surface area contributed by atoms with Crippen LogP contribution in [0.2, 0.25) is 0 Å². The molecule has 9 nitrogen and oxygen atoms in total. The highest BCUT2D eigenvalue weighted by molar-refractivity contribution is 5.80. The number of nitrogens with zero attached hydrogens (tertiary/aromatic N) is 6. The first-order valence-corrected chi connectivity index (χ1v) is 7.96. The number of likely N-dealkylation sites (tertiary alicyclic amines) is 1. The molecule has 0 spiro atoms. The zero-order valence-corrected chi connectivity index (χ0v) is 13.3. The molecule has 3 aromatic heterocycles. The predicted octanol–water partition coefficient (Wildman–Crippen LogP) is 2.33. The van der Waals surface area contributed by atoms with E-state index in [9.17, 15) is 4.79 Å². The van der Waals surface area contributed by atoms with Gasteiger partial charge in [0.25, 0.3) is 0 Å². The van der Waals surface area contributed by atoms with Crippen molar-refractivity contribution in [3.63, 3.8) is 0 Å². The molecule has 0 aliphatic carbocycles. The monoisotopic (exact) mass is 340 g/mol. The van der Waals surface area contributed by atoms with E-state index in [2.05, 4.69) is 20.1 Å². The maximum absolute atomic E-state index is 11.0. The smallest absolute Gasteiger partial charge is 0.407 e. The Labute approximate surface area is 142 Å². The Morgan fingerprint density at radius 1 is 1.24 bits per heavy atom. The number of pyridine rings is 1. The van der Waals surface area contributed by atoms with Gasteiger partial charge in [0.05, 0.1) is 18.4 Å². The van der Waals surface area contributed by atoms with Gasteiger partial charge in [-0.2, -0.15) is 5.10 Å². The molecule has 0 radical (unpaired) electrons. The number of aromatic nitrogens is 5. The molecule has 128 valence electrons. The third-order valence-electron chi connectivity index (χ3n) is 4.28. The number of fused-ring (bicyclic) bond motifs is 1. The van der Waals surface area contributed by atoms with E-state index in [1.807, 2.05) is 4.68 Å². The zero-order valence-electron chi connectivity index (χ0n) is 13.3. The van der Waals surface area contributed by atoms with Gasteiger partial charge in [-0.05, 0) is 25.0 Å². The van der Waals surface area contributed by atoms with Gasteiger partial charge in [0, 0.05) is 19.3 Å². The number of piperidine rings is 1. The second-order valence-corrected chi connectivity index (χ2v) is 5.80. The molecular weight excluding hydrogens is 324 g/mol. The second kappa shape index (κ2) is 6.34. The Balaban J connectivity index is 1.60. The Morgan fingerprint density at radius 2 is 2.08 bits per heavy atom. The van der Waals surface area contributed by atoms with Crippen LogP contribution < -0.4 is 4.74 Å². The van der Waals surface area contributed by atoms with Gasteiger partial charge in [-0.1, -0.05) is 0 Å². The molecule has 4 rings (SSSR count). The number of hydrogen-bond donors (Lipinski definition) is 1. The highest BCUT2D eigenvalue weighted by Crippen LogP contribution is 2.30. The van der Waals surface area contributed by atoms with Crippen LogP contribution in [0.15, 0.2) is 37.1 Å². The SMILES string of the molecule is O=C(O)N1CCC(n2ncc3c(Oc4cccnc4)ncnc32)CC1. The fourth-order valence-corrected chi connectivity index (χ4v) is 3.01. The average Bonchev–Trinajstić information content (AvgIpc) is 3.08. The van der Waals surface area contributed by atoms with E-state index in [1.54, 1.807) is 30.7 Å². The summed E-state index contributed by atoms with van der Waals surface area (Å²) in [6, 6.07) is 3.69. The molecule has 1 saturated heterocycles. The maximum Gasteiger partial charge on any atom is 0.407 e. The van der Waals surface area contributed by atoms with Crippen LogP contribution >= 0.6 is 0 Å². The molecule has 1 aliphatic heterocycles. The van der Waals surface area contributed by atoms with Gasteiger partial charge in [-0.25, -0.2) is 19.4 Å². The highest BCUT2D eigenvalue weighted by Gasteiger charge is 2.26. The van der Waals surface area contributed by atoms with Gasteiger partial charge >= 0.3 is 6.09 Å². The summed E-state index contributed by atoms with van der Waals surface area (Å²) < 4.78 is 7.63. The molecule has 1 N–H and O–H groups in total. The van der Waals surface area contributed by atoms with Gasteiger partial charge in [-0.15, -0.1) is 0 Å². The summed E-state index contributed by atoms with van der Waals surface area (Å²) in [5.74, 6) is 1.01. The summed E-state index contributed by atoms with van der Waals surface area (Å²) in [6.45, 7) is 0.983. The quantitative estimate of drug-likeness (QED) is 0.780. The Kier molecular flexibility index (Phi) is 3.88. The summed E-state index contributed by atoms with van der Waals surface area (Å²) >= 11 is 0. The van der Waals surface area contributed by atoms with Crippen LogP contribution in [0.5, 0.6) is 11.6 Å². The van der Waals surface area contributed by atoms with Crippen molar-refractivity contribution in [1.29, 1.82) is 0 Å². The number of hydrogen-bond acceptors (Lipinski definition) is 6. The van der Waals surface area contributed by atoms with Crippen LogP contribution in [0.25, 0.3) is 11.0 Å². The van der Waals surface area contributed by atoms with Crippen LogP contribution in [-0.2, 0) is 0 Å². The van der Waals surface area contributed by atoms with E-state index in [0.717, 1.165) is 0 Å². The summed E-state index contributed by atoms with van der Waals surface area (Å²) in [6.07, 6.45) is 6.93. The lowest BCUT2D eigenvalue weighted by atomic mass is 10.1. The first kappa shape index (κ1) is 15.3. The molecule has 0 unspecified atom stereocenters. The largest absolute Gasteiger partial charge is 0.465 e. The minimum Gasteiger partial charge on any atom is -0.465 e. The van der Waals surface area contributed by atoms with Crippen molar-refractivity contribution in [3.8, 4) is 11.6 Å². The lowest BCUT2D eigenvalue weighted by Crippen LogP contribution is -2.38. The van der Waals surface area contributed by atoms with Gasteiger partial charge in [0.2, 0.25) is 5.88 Å². The van der Waals surface area contributed by atoms with Crippen molar-refractivity contribution in [2.75, 3.05) is 13.1 Å². The predicted molar refractivity (Wildman–Crippen MR) is 87.5 cm³/mol. The average molecular weight is 340 g/mol. The van der Waals surface area contributed by atoms with Crippen LogP contribution in [0.4, 0.5) is 4.79 Å². The van der Waals surface area contributed by atoms with Crippen molar-refractivity contribution in [1.82, 2.24) is 29.6 Å². The Morgan fingerprint density at radius 3 is 2.80 bits per heavy atom. The minimum atomic E-state index is -0.877. The van der Waals surface area contributed by atoms with Gasteiger partial charge in [0.15, 0.2) is 5.65 Å². The number of amides is 1. The van der Waals surface area contributed by atoms with E-state index in [-0.39, 0.29) is 6.04 Å². The molecule has 4 heterocycles. The molecule has 0 aromatic carbocycles. The topological polar surface area (TPSA) is 106 Å². The van der Waals surface area contributed by atoms with Crippen molar-refractivity contribution in [2.45, 2.75) is 18.9 Å². The van der Waals surface area contributed by atoms with Crippen LogP contribution in [0.3, 0.4) is 0 Å². The molecule has 1 aliphatic rings. The lowest BCUT2D eigenvalue weighted by Gasteiger charge is -2.30. The summed E-state index contributed by atoms with van der Waals surface area (Å²) in [7, 11) is 0. The molecule has 1 amide bonds. The molecule has 25 heavy (non-hydrogen) atoms. The number of ether oxygens (including phenoxy) is 1. The van der Waals surface area contributed by atoms with Crippen molar-refractivity contribution < 1.29 is 14.6 Å². The molecule has 3 aromatic rings.